The molecule has 0 aliphatic heterocycles. The molecule has 0 spiro atoms. The molecule has 0 saturated heterocycles. The molecule has 2 atom stereocenters. The average molecular weight is 254 g/mol. The normalized spacial score (nSPS) is 33.2. The molecule has 0 bridgehead atoms. The van der Waals surface area contributed by atoms with E-state index in [0.717, 1.165) is 0 Å². The summed E-state index contributed by atoms with van der Waals surface area (Å²) in [7, 11) is 0. The highest BCUT2D eigenvalue weighted by atomic mass is 16.3. The maximum atomic E-state index is 10.9. The van der Waals surface area contributed by atoms with E-state index in [-0.39, 0.29) is 29.2 Å². The van der Waals surface area contributed by atoms with Gasteiger partial charge >= 0.3 is 0 Å². The predicted molar refractivity (Wildman–Crippen MR) is 66.9 cm³/mol. The molecular weight excluding hydrogens is 232 g/mol. The second kappa shape index (κ2) is 4.26. The van der Waals surface area contributed by atoms with Crippen molar-refractivity contribution in [3.8, 4) is 0 Å². The molecule has 4 heteroatoms. The van der Waals surface area contributed by atoms with Crippen molar-refractivity contribution >= 4 is 17.3 Å². The molecule has 102 valence electrons. The Morgan fingerprint density at radius 3 is 1.39 bits per heavy atom. The van der Waals surface area contributed by atoms with Crippen LogP contribution in [-0.2, 0) is 14.4 Å². The Labute approximate surface area is 108 Å². The van der Waals surface area contributed by atoms with Crippen molar-refractivity contribution in [1.82, 2.24) is 0 Å². The Kier molecular flexibility index (Phi) is 3.56. The van der Waals surface area contributed by atoms with Crippen molar-refractivity contribution in [2.45, 2.75) is 47.6 Å². The van der Waals surface area contributed by atoms with E-state index in [4.69, 9.17) is 0 Å². The molecule has 0 aromatic heterocycles. The number of carbonyl (C=O) groups is 3. The lowest BCUT2D eigenvalue weighted by Gasteiger charge is -2.44. The fourth-order valence-electron chi connectivity index (χ4n) is 2.65. The van der Waals surface area contributed by atoms with Gasteiger partial charge in [-0.05, 0) is 20.8 Å². The van der Waals surface area contributed by atoms with Gasteiger partial charge in [0.05, 0.1) is 22.9 Å². The lowest BCUT2D eigenvalue weighted by atomic mass is 9.61. The van der Waals surface area contributed by atoms with Crippen LogP contribution in [0.3, 0.4) is 0 Å². The zero-order valence-electron chi connectivity index (χ0n) is 11.9. The standard InChI is InChI=1S/C7H12O2.C7H10O2/c2*1-4-5(8)7(2,3)6(4)9/h4-5,8H,1-3H3;4H,1-3H3. The summed E-state index contributed by atoms with van der Waals surface area (Å²) in [6, 6.07) is 0. The van der Waals surface area contributed by atoms with Gasteiger partial charge in [0.1, 0.15) is 5.78 Å². The van der Waals surface area contributed by atoms with Gasteiger partial charge in [0.2, 0.25) is 0 Å². The summed E-state index contributed by atoms with van der Waals surface area (Å²) in [6.07, 6.45) is -0.426. The molecule has 2 saturated carbocycles. The molecule has 2 aliphatic rings. The molecule has 0 amide bonds. The van der Waals surface area contributed by atoms with E-state index < -0.39 is 16.9 Å². The Morgan fingerprint density at radius 2 is 1.28 bits per heavy atom. The molecule has 1 N–H and O–H groups in total. The third-order valence-electron chi connectivity index (χ3n) is 4.28. The number of Topliss-reactive ketones (excluding diaryl/α,β-unsaturated/α-hetero) is 3. The minimum absolute atomic E-state index is 0.0764. The van der Waals surface area contributed by atoms with Crippen molar-refractivity contribution in [2.24, 2.45) is 22.7 Å². The van der Waals surface area contributed by atoms with Crippen LogP contribution in [0.1, 0.15) is 41.5 Å². The van der Waals surface area contributed by atoms with Crippen LogP contribution in [0.25, 0.3) is 0 Å². The first-order valence-electron chi connectivity index (χ1n) is 6.26. The van der Waals surface area contributed by atoms with Gasteiger partial charge in [-0.3, -0.25) is 14.4 Å². The molecule has 2 unspecified atom stereocenters. The topological polar surface area (TPSA) is 71.4 Å². The van der Waals surface area contributed by atoms with Gasteiger partial charge in [-0.2, -0.15) is 0 Å². The summed E-state index contributed by atoms with van der Waals surface area (Å²) in [5.41, 5.74) is -1.14. The van der Waals surface area contributed by atoms with Gasteiger partial charge < -0.3 is 5.11 Å². The summed E-state index contributed by atoms with van der Waals surface area (Å²) in [6.45, 7) is 10.3. The molecule has 18 heavy (non-hydrogen) atoms. The third-order valence-corrected chi connectivity index (χ3v) is 4.28. The summed E-state index contributed by atoms with van der Waals surface area (Å²) in [5, 5.41) is 9.19. The number of aliphatic hydroxyl groups is 1. The van der Waals surface area contributed by atoms with Gasteiger partial charge in [-0.1, -0.05) is 20.8 Å². The van der Waals surface area contributed by atoms with E-state index in [1.807, 2.05) is 0 Å². The van der Waals surface area contributed by atoms with Gasteiger partial charge in [0.25, 0.3) is 0 Å². The van der Waals surface area contributed by atoms with Crippen LogP contribution in [0, 0.1) is 22.7 Å². The van der Waals surface area contributed by atoms with Gasteiger partial charge in [0.15, 0.2) is 11.6 Å². The van der Waals surface area contributed by atoms with E-state index >= 15 is 0 Å². The SMILES string of the molecule is CC1C(=O)C(C)(C)C1=O.CC1C(=O)C(C)(C)C1O. The fourth-order valence-corrected chi connectivity index (χ4v) is 2.65. The largest absolute Gasteiger partial charge is 0.391 e. The lowest BCUT2D eigenvalue weighted by Crippen LogP contribution is -2.57. The van der Waals surface area contributed by atoms with Crippen molar-refractivity contribution in [1.29, 1.82) is 0 Å². The molecule has 0 aromatic rings. The lowest BCUT2D eigenvalue weighted by molar-refractivity contribution is -0.162. The van der Waals surface area contributed by atoms with Crippen LogP contribution < -0.4 is 0 Å². The number of hydrogen-bond acceptors (Lipinski definition) is 4. The molecule has 0 heterocycles. The zero-order valence-corrected chi connectivity index (χ0v) is 11.9. The number of aliphatic hydroxyl groups excluding tert-OH is 1. The third kappa shape index (κ3) is 1.92. The average Bonchev–Trinajstić information content (AvgIpc) is 2.34. The maximum Gasteiger partial charge on any atom is 0.156 e. The minimum atomic E-state index is -0.667. The molecule has 0 radical (unpaired) electrons. The van der Waals surface area contributed by atoms with E-state index in [1.54, 1.807) is 41.5 Å². The van der Waals surface area contributed by atoms with Crippen LogP contribution >= 0.6 is 0 Å². The summed E-state index contributed by atoms with van der Waals surface area (Å²) >= 11 is 0. The van der Waals surface area contributed by atoms with E-state index in [2.05, 4.69) is 0 Å². The van der Waals surface area contributed by atoms with E-state index in [0.29, 0.717) is 0 Å². The Balaban J connectivity index is 0.000000180. The highest BCUT2D eigenvalue weighted by Crippen LogP contribution is 2.40. The predicted octanol–water partition coefficient (Wildman–Crippen LogP) is 1.39. The highest BCUT2D eigenvalue weighted by Gasteiger charge is 2.53. The fraction of sp³-hybridized carbons (Fsp3) is 0.786. The Hall–Kier alpha value is -1.03. The maximum absolute atomic E-state index is 10.9. The van der Waals surface area contributed by atoms with Crippen LogP contribution in [0.15, 0.2) is 0 Å². The van der Waals surface area contributed by atoms with Crippen molar-refractivity contribution < 1.29 is 19.5 Å². The monoisotopic (exact) mass is 254 g/mol. The van der Waals surface area contributed by atoms with E-state index in [1.165, 1.54) is 0 Å². The van der Waals surface area contributed by atoms with Crippen LogP contribution in [0.2, 0.25) is 0 Å². The van der Waals surface area contributed by atoms with Crippen molar-refractivity contribution in [3.63, 3.8) is 0 Å². The number of carbonyl (C=O) groups excluding carboxylic acids is 3. The van der Waals surface area contributed by atoms with Crippen molar-refractivity contribution in [3.05, 3.63) is 0 Å². The Morgan fingerprint density at radius 1 is 0.889 bits per heavy atom. The van der Waals surface area contributed by atoms with Crippen LogP contribution in [-0.4, -0.2) is 28.6 Å². The molecular formula is C14H22O4. The summed E-state index contributed by atoms with van der Waals surface area (Å²) in [4.78, 5) is 32.7. The molecule has 4 nitrogen and oxygen atoms in total. The van der Waals surface area contributed by atoms with Crippen molar-refractivity contribution in [2.75, 3.05) is 0 Å². The second-order valence-electron chi connectivity index (χ2n) is 6.39. The quantitative estimate of drug-likeness (QED) is 0.663. The molecule has 2 aliphatic carbocycles. The second-order valence-corrected chi connectivity index (χ2v) is 6.39. The minimum Gasteiger partial charge on any atom is -0.391 e. The van der Waals surface area contributed by atoms with Gasteiger partial charge in [-0.15, -0.1) is 0 Å². The Bertz CT molecular complexity index is 388. The number of hydrogen-bond donors (Lipinski definition) is 1. The zero-order chi connectivity index (χ0) is 14.5. The first-order chi connectivity index (χ1) is 7.95. The van der Waals surface area contributed by atoms with E-state index in [9.17, 15) is 19.5 Å². The first kappa shape index (κ1) is 15.0. The summed E-state index contributed by atoms with van der Waals surface area (Å²) < 4.78 is 0. The molecule has 2 rings (SSSR count). The smallest absolute Gasteiger partial charge is 0.156 e. The highest BCUT2D eigenvalue weighted by molar-refractivity contribution is 6.26. The summed E-state index contributed by atoms with van der Waals surface area (Å²) in [5.74, 6) is -0.144. The molecule has 0 aromatic carbocycles. The van der Waals surface area contributed by atoms with Gasteiger partial charge in [-0.25, -0.2) is 0 Å². The van der Waals surface area contributed by atoms with Crippen LogP contribution in [0.5, 0.6) is 0 Å². The van der Waals surface area contributed by atoms with Crippen LogP contribution in [0.4, 0.5) is 0 Å². The molecule has 2 fully saturated rings. The first-order valence-corrected chi connectivity index (χ1v) is 6.26. The van der Waals surface area contributed by atoms with Gasteiger partial charge in [0, 0.05) is 5.92 Å². The number of rotatable bonds is 0. The number of ketones is 3.